The summed E-state index contributed by atoms with van der Waals surface area (Å²) in [6.07, 6.45) is 0.564. The van der Waals surface area contributed by atoms with Gasteiger partial charge >= 0.3 is 0 Å². The minimum Gasteiger partial charge on any atom is -0.497 e. The molecule has 0 radical (unpaired) electrons. The van der Waals surface area contributed by atoms with Crippen molar-refractivity contribution in [2.75, 3.05) is 20.0 Å². The van der Waals surface area contributed by atoms with Gasteiger partial charge in [-0.15, -0.1) is 0 Å². The van der Waals surface area contributed by atoms with Crippen LogP contribution in [-0.2, 0) is 6.42 Å². The fraction of sp³-hybridized carbons (Fsp3) is 0.148. The van der Waals surface area contributed by atoms with Crippen molar-refractivity contribution in [3.63, 3.8) is 0 Å². The van der Waals surface area contributed by atoms with E-state index in [-0.39, 0.29) is 0 Å². The quantitative estimate of drug-likeness (QED) is 0.321. The van der Waals surface area contributed by atoms with Gasteiger partial charge in [-0.05, 0) is 78.7 Å². The molecule has 0 atom stereocenters. The highest BCUT2D eigenvalue weighted by atomic mass is 32.2. The van der Waals surface area contributed by atoms with Crippen LogP contribution in [0.1, 0.15) is 21.5 Å². The van der Waals surface area contributed by atoms with Gasteiger partial charge in [-0.25, -0.2) is 4.98 Å². The summed E-state index contributed by atoms with van der Waals surface area (Å²) in [6, 6.07) is 22.6. The van der Waals surface area contributed by atoms with Crippen molar-refractivity contribution in [2.24, 2.45) is 5.73 Å². The fourth-order valence-corrected chi connectivity index (χ4v) is 4.56. The third kappa shape index (κ3) is 5.48. The zero-order chi connectivity index (χ0) is 24.8. The monoisotopic (exact) mass is 484 g/mol. The molecule has 0 saturated carbocycles. The Kier molecular flexibility index (Phi) is 7.38. The third-order valence-corrected chi connectivity index (χ3v) is 6.41. The number of ether oxygens (including phenoxy) is 2. The van der Waals surface area contributed by atoms with E-state index in [9.17, 15) is 10.1 Å². The summed E-state index contributed by atoms with van der Waals surface area (Å²) in [6.45, 7) is 0. The van der Waals surface area contributed by atoms with Crippen LogP contribution in [0.3, 0.4) is 0 Å². The molecule has 1 amide bonds. The lowest BCUT2D eigenvalue weighted by Gasteiger charge is -2.06. The molecule has 0 spiro atoms. The van der Waals surface area contributed by atoms with E-state index in [4.69, 9.17) is 20.2 Å². The van der Waals surface area contributed by atoms with E-state index in [1.807, 2.05) is 48.5 Å². The van der Waals surface area contributed by atoms with Crippen LogP contribution in [0.15, 0.2) is 71.9 Å². The molecule has 0 fully saturated rings. The number of nitriles is 1. The number of methoxy groups -OCH3 is 2. The highest BCUT2D eigenvalue weighted by Gasteiger charge is 2.16. The highest BCUT2D eigenvalue weighted by molar-refractivity contribution is 7.99. The van der Waals surface area contributed by atoms with Crippen molar-refractivity contribution in [3.8, 4) is 40.1 Å². The van der Waals surface area contributed by atoms with E-state index in [1.165, 1.54) is 11.8 Å². The summed E-state index contributed by atoms with van der Waals surface area (Å²) in [5.74, 6) is 1.69. The normalized spacial score (nSPS) is 10.5. The van der Waals surface area contributed by atoms with Crippen LogP contribution in [0, 0.1) is 11.3 Å². The van der Waals surface area contributed by atoms with Gasteiger partial charge in [0.15, 0.2) is 5.16 Å². The van der Waals surface area contributed by atoms with Crippen LogP contribution in [0.2, 0.25) is 0 Å². The number of benzene rings is 3. The summed E-state index contributed by atoms with van der Waals surface area (Å²) in [5.41, 5.74) is 10.9. The number of nitrogens with two attached hydrogens (primary N) is 1. The molecule has 0 bridgehead atoms. The largest absolute Gasteiger partial charge is 0.497 e. The Balaban J connectivity index is 1.61. The van der Waals surface area contributed by atoms with Crippen molar-refractivity contribution in [3.05, 3.63) is 83.4 Å². The highest BCUT2D eigenvalue weighted by Crippen LogP contribution is 2.34. The number of nitrogens with zero attached hydrogens (tertiary/aromatic N) is 2. The van der Waals surface area contributed by atoms with Gasteiger partial charge < -0.3 is 20.2 Å². The first-order valence-corrected chi connectivity index (χ1v) is 11.9. The lowest BCUT2D eigenvalue weighted by atomic mass is 10.0. The Bertz CT molecular complexity index is 1310. The number of hydrogen-bond donors (Lipinski definition) is 2. The predicted octanol–water partition coefficient (Wildman–Crippen LogP) is 5.07. The number of imidazole rings is 1. The van der Waals surface area contributed by atoms with E-state index in [0.717, 1.165) is 44.7 Å². The number of amides is 1. The van der Waals surface area contributed by atoms with Crippen molar-refractivity contribution in [2.45, 2.75) is 11.6 Å². The Labute approximate surface area is 207 Å². The van der Waals surface area contributed by atoms with Gasteiger partial charge in [0.25, 0.3) is 0 Å². The molecule has 3 aromatic carbocycles. The molecular formula is C27H24N4O3S. The van der Waals surface area contributed by atoms with E-state index < -0.39 is 5.91 Å². The Morgan fingerprint density at radius 1 is 1.00 bits per heavy atom. The summed E-state index contributed by atoms with van der Waals surface area (Å²) >= 11 is 1.54. The van der Waals surface area contributed by atoms with Gasteiger partial charge in [-0.1, -0.05) is 11.8 Å². The Morgan fingerprint density at radius 2 is 1.63 bits per heavy atom. The molecule has 0 aliphatic carbocycles. The topological polar surface area (TPSA) is 114 Å². The summed E-state index contributed by atoms with van der Waals surface area (Å²) in [5, 5.41) is 9.96. The minimum absolute atomic E-state index is 0.432. The summed E-state index contributed by atoms with van der Waals surface area (Å²) < 4.78 is 10.6. The maximum Gasteiger partial charge on any atom is 0.248 e. The van der Waals surface area contributed by atoms with Gasteiger partial charge in [-0.2, -0.15) is 5.26 Å². The van der Waals surface area contributed by atoms with Gasteiger partial charge in [-0.3, -0.25) is 4.79 Å². The minimum atomic E-state index is -0.504. The van der Waals surface area contributed by atoms with Gasteiger partial charge in [0, 0.05) is 22.4 Å². The number of H-pyrrole nitrogens is 1. The second-order valence-electron chi connectivity index (χ2n) is 7.67. The van der Waals surface area contributed by atoms with Crippen LogP contribution in [-0.4, -0.2) is 35.8 Å². The van der Waals surface area contributed by atoms with E-state index in [2.05, 4.69) is 11.1 Å². The molecule has 4 rings (SSSR count). The van der Waals surface area contributed by atoms with Crippen LogP contribution >= 0.6 is 11.8 Å². The smallest absolute Gasteiger partial charge is 0.248 e. The molecule has 7 nitrogen and oxygen atoms in total. The number of thioether (sulfide) groups is 1. The van der Waals surface area contributed by atoms with Crippen LogP contribution in [0.5, 0.6) is 11.5 Å². The molecule has 4 aromatic rings. The molecule has 35 heavy (non-hydrogen) atoms. The van der Waals surface area contributed by atoms with E-state index in [0.29, 0.717) is 23.3 Å². The molecule has 3 N–H and O–H groups in total. The zero-order valence-electron chi connectivity index (χ0n) is 19.4. The SMILES string of the molecule is COc1ccc(-c2nc(SCCc3cc(C#N)ccc3C(N)=O)[nH]c2-c2ccc(OC)cc2)cc1. The Hall–Kier alpha value is -4.22. The molecule has 1 heterocycles. The molecular weight excluding hydrogens is 460 g/mol. The van der Waals surface area contributed by atoms with Crippen molar-refractivity contribution in [1.82, 2.24) is 9.97 Å². The molecule has 0 aliphatic heterocycles. The average molecular weight is 485 g/mol. The number of carbonyl (C=O) groups excluding carboxylic acids is 1. The van der Waals surface area contributed by atoms with E-state index >= 15 is 0 Å². The maximum atomic E-state index is 11.8. The maximum absolute atomic E-state index is 11.8. The lowest BCUT2D eigenvalue weighted by molar-refractivity contribution is 0.0999. The number of aryl methyl sites for hydroxylation is 1. The van der Waals surface area contributed by atoms with Gasteiger partial charge in [0.05, 0.1) is 37.2 Å². The van der Waals surface area contributed by atoms with Crippen LogP contribution < -0.4 is 15.2 Å². The summed E-state index contributed by atoms with van der Waals surface area (Å²) in [7, 11) is 3.27. The van der Waals surface area contributed by atoms with Crippen LogP contribution in [0.25, 0.3) is 22.5 Å². The van der Waals surface area contributed by atoms with Crippen LogP contribution in [0.4, 0.5) is 0 Å². The number of carbonyl (C=O) groups is 1. The summed E-state index contributed by atoms with van der Waals surface area (Å²) in [4.78, 5) is 20.1. The molecule has 0 saturated heterocycles. The molecule has 176 valence electrons. The van der Waals surface area contributed by atoms with E-state index in [1.54, 1.807) is 32.4 Å². The second-order valence-corrected chi connectivity index (χ2v) is 8.75. The second kappa shape index (κ2) is 10.8. The molecule has 0 unspecified atom stereocenters. The first-order chi connectivity index (χ1) is 17.0. The molecule has 0 aliphatic rings. The number of aromatic nitrogens is 2. The van der Waals surface area contributed by atoms with Crippen molar-refractivity contribution in [1.29, 1.82) is 5.26 Å². The van der Waals surface area contributed by atoms with Crippen molar-refractivity contribution >= 4 is 17.7 Å². The first-order valence-electron chi connectivity index (χ1n) is 10.9. The van der Waals surface area contributed by atoms with Crippen molar-refractivity contribution < 1.29 is 14.3 Å². The van der Waals surface area contributed by atoms with Gasteiger partial charge in [0.2, 0.25) is 5.91 Å². The molecule has 8 heteroatoms. The lowest BCUT2D eigenvalue weighted by Crippen LogP contribution is -2.14. The first kappa shape index (κ1) is 23.9. The fourth-order valence-electron chi connectivity index (χ4n) is 3.71. The Morgan fingerprint density at radius 3 is 2.20 bits per heavy atom. The van der Waals surface area contributed by atoms with Gasteiger partial charge in [0.1, 0.15) is 11.5 Å². The predicted molar refractivity (Wildman–Crippen MR) is 137 cm³/mol. The molecule has 1 aromatic heterocycles. The standard InChI is InChI=1S/C27H24N4O3S/c1-33-21-8-4-18(5-9-21)24-25(19-6-10-22(34-2)11-7-19)31-27(30-24)35-14-13-20-15-17(16-28)3-12-23(20)26(29)32/h3-12,15H,13-14H2,1-2H3,(H2,29,32)(H,30,31). The average Bonchev–Trinajstić information content (AvgIpc) is 3.32. The third-order valence-electron chi connectivity index (χ3n) is 5.53. The zero-order valence-corrected chi connectivity index (χ0v) is 20.2. The number of rotatable bonds is 9. The number of aromatic amines is 1. The number of primary amides is 1. The number of nitrogens with one attached hydrogen (secondary N) is 1. The number of hydrogen-bond acceptors (Lipinski definition) is 6.